The van der Waals surface area contributed by atoms with E-state index >= 15 is 0 Å². The third kappa shape index (κ3) is 3.65. The van der Waals surface area contributed by atoms with E-state index in [1.165, 1.54) is 66.3 Å². The highest BCUT2D eigenvalue weighted by molar-refractivity contribution is 6.10. The van der Waals surface area contributed by atoms with Gasteiger partial charge in [0, 0.05) is 33.7 Å². The van der Waals surface area contributed by atoms with Gasteiger partial charge >= 0.3 is 0 Å². The van der Waals surface area contributed by atoms with E-state index in [2.05, 4.69) is 157 Å². The summed E-state index contributed by atoms with van der Waals surface area (Å²) in [6.07, 6.45) is 4.44. The first kappa shape index (κ1) is 22.4. The van der Waals surface area contributed by atoms with Crippen LogP contribution in [0.3, 0.4) is 0 Å². The van der Waals surface area contributed by atoms with Crippen LogP contribution in [0.15, 0.2) is 128 Å². The Morgan fingerprint density at radius 3 is 2.13 bits per heavy atom. The molecule has 0 bridgehead atoms. The van der Waals surface area contributed by atoms with Crippen LogP contribution < -0.4 is 0 Å². The van der Waals surface area contributed by atoms with Crippen LogP contribution in [0.2, 0.25) is 0 Å². The SMILES string of the molecule is C/C(=C\c1ccccc1C)n1ccc2cc(-c3ccc4c(c3)c3ccccc3n4-c3ccccc3)ccc21. The van der Waals surface area contributed by atoms with Gasteiger partial charge in [-0.15, -0.1) is 0 Å². The van der Waals surface area contributed by atoms with Gasteiger partial charge in [-0.25, -0.2) is 0 Å². The average Bonchev–Trinajstić information content (AvgIpc) is 3.53. The molecule has 0 saturated carbocycles. The van der Waals surface area contributed by atoms with Crippen molar-refractivity contribution >= 4 is 44.5 Å². The largest absolute Gasteiger partial charge is 0.321 e. The molecule has 0 radical (unpaired) electrons. The van der Waals surface area contributed by atoms with Gasteiger partial charge in [-0.1, -0.05) is 72.8 Å². The first-order chi connectivity index (χ1) is 18.7. The molecule has 0 aliphatic rings. The van der Waals surface area contributed by atoms with E-state index in [4.69, 9.17) is 0 Å². The molecule has 7 aromatic rings. The summed E-state index contributed by atoms with van der Waals surface area (Å²) in [6.45, 7) is 4.34. The Kier molecular flexibility index (Phi) is 5.26. The molecule has 0 saturated heterocycles. The van der Waals surface area contributed by atoms with Crippen LogP contribution in [0, 0.1) is 6.92 Å². The van der Waals surface area contributed by atoms with Crippen molar-refractivity contribution in [3.8, 4) is 16.8 Å². The van der Waals surface area contributed by atoms with E-state index < -0.39 is 0 Å². The Balaban J connectivity index is 1.33. The third-order valence-electron chi connectivity index (χ3n) is 7.64. The van der Waals surface area contributed by atoms with Gasteiger partial charge in [-0.2, -0.15) is 0 Å². The summed E-state index contributed by atoms with van der Waals surface area (Å²) in [5.74, 6) is 0. The molecule has 5 aromatic carbocycles. The Morgan fingerprint density at radius 2 is 1.29 bits per heavy atom. The van der Waals surface area contributed by atoms with Gasteiger partial charge in [0.2, 0.25) is 0 Å². The van der Waals surface area contributed by atoms with E-state index in [1.807, 2.05) is 0 Å². The highest BCUT2D eigenvalue weighted by Gasteiger charge is 2.13. The fourth-order valence-electron chi connectivity index (χ4n) is 5.68. The molecule has 0 amide bonds. The molecule has 0 aliphatic heterocycles. The summed E-state index contributed by atoms with van der Waals surface area (Å²) in [7, 11) is 0. The zero-order valence-electron chi connectivity index (χ0n) is 21.6. The van der Waals surface area contributed by atoms with Crippen LogP contribution in [-0.2, 0) is 0 Å². The van der Waals surface area contributed by atoms with Crippen molar-refractivity contribution in [3.63, 3.8) is 0 Å². The number of hydrogen-bond acceptors (Lipinski definition) is 0. The number of aryl methyl sites for hydroxylation is 1. The van der Waals surface area contributed by atoms with E-state index in [1.54, 1.807) is 0 Å². The summed E-state index contributed by atoms with van der Waals surface area (Å²) < 4.78 is 4.64. The van der Waals surface area contributed by atoms with E-state index in [-0.39, 0.29) is 0 Å². The average molecular weight is 489 g/mol. The molecule has 2 heterocycles. The second-order valence-corrected chi connectivity index (χ2v) is 10.0. The molecule has 2 nitrogen and oxygen atoms in total. The highest BCUT2D eigenvalue weighted by atomic mass is 15.0. The Bertz CT molecular complexity index is 1980. The lowest BCUT2D eigenvalue weighted by Gasteiger charge is -2.09. The maximum Gasteiger partial charge on any atom is 0.0541 e. The van der Waals surface area contributed by atoms with E-state index in [9.17, 15) is 0 Å². The van der Waals surface area contributed by atoms with Crippen molar-refractivity contribution in [3.05, 3.63) is 139 Å². The number of hydrogen-bond donors (Lipinski definition) is 0. The van der Waals surface area contributed by atoms with E-state index in [0.717, 1.165) is 0 Å². The number of rotatable bonds is 4. The number of aromatic nitrogens is 2. The Morgan fingerprint density at radius 1 is 0.605 bits per heavy atom. The van der Waals surface area contributed by atoms with Crippen molar-refractivity contribution in [2.45, 2.75) is 13.8 Å². The molecule has 0 spiro atoms. The molecule has 0 atom stereocenters. The maximum absolute atomic E-state index is 2.36. The first-order valence-electron chi connectivity index (χ1n) is 13.1. The van der Waals surface area contributed by atoms with Gasteiger partial charge in [0.25, 0.3) is 0 Å². The molecule has 7 rings (SSSR count). The zero-order chi connectivity index (χ0) is 25.6. The number of benzene rings is 5. The zero-order valence-corrected chi connectivity index (χ0v) is 21.6. The summed E-state index contributed by atoms with van der Waals surface area (Å²) in [5, 5.41) is 3.79. The second kappa shape index (κ2) is 8.93. The van der Waals surface area contributed by atoms with E-state index in [0.29, 0.717) is 0 Å². The summed E-state index contributed by atoms with van der Waals surface area (Å²) in [5.41, 5.74) is 11.1. The van der Waals surface area contributed by atoms with Gasteiger partial charge in [-0.05, 0) is 90.7 Å². The number of allylic oxidation sites excluding steroid dienone is 1. The van der Waals surface area contributed by atoms with Crippen LogP contribution in [0.4, 0.5) is 0 Å². The standard InChI is InChI=1S/C36H28N2/c1-25-10-6-7-11-27(25)22-26(2)37-21-20-30-23-28(16-18-34(30)37)29-17-19-36-33(24-29)32-14-8-9-15-35(32)38(36)31-12-4-3-5-13-31/h3-24H,1-2H3/b26-22+. The summed E-state index contributed by atoms with van der Waals surface area (Å²) in [4.78, 5) is 0. The second-order valence-electron chi connectivity index (χ2n) is 10.0. The molecule has 0 unspecified atom stereocenters. The number of nitrogens with zero attached hydrogens (tertiary/aromatic N) is 2. The normalized spacial score (nSPS) is 12.1. The van der Waals surface area contributed by atoms with Crippen LogP contribution in [0.1, 0.15) is 18.1 Å². The molecule has 2 aromatic heterocycles. The van der Waals surface area contributed by atoms with Crippen LogP contribution in [0.25, 0.3) is 61.3 Å². The minimum atomic E-state index is 1.18. The lowest BCUT2D eigenvalue weighted by Crippen LogP contribution is -1.93. The van der Waals surface area contributed by atoms with Crippen LogP contribution in [0.5, 0.6) is 0 Å². The molecule has 38 heavy (non-hydrogen) atoms. The molecular formula is C36H28N2. The minimum absolute atomic E-state index is 1.18. The van der Waals surface area contributed by atoms with Crippen molar-refractivity contribution < 1.29 is 0 Å². The molecule has 0 fully saturated rings. The van der Waals surface area contributed by atoms with Crippen molar-refractivity contribution in [2.75, 3.05) is 0 Å². The lowest BCUT2D eigenvalue weighted by molar-refractivity contribution is 1.16. The van der Waals surface area contributed by atoms with Gasteiger partial charge in [0.1, 0.15) is 0 Å². The van der Waals surface area contributed by atoms with Crippen molar-refractivity contribution in [1.29, 1.82) is 0 Å². The molecule has 182 valence electrons. The van der Waals surface area contributed by atoms with Gasteiger partial charge in [0.15, 0.2) is 0 Å². The van der Waals surface area contributed by atoms with Gasteiger partial charge in [-0.3, -0.25) is 0 Å². The third-order valence-corrected chi connectivity index (χ3v) is 7.64. The Labute approximate surface area is 222 Å². The monoisotopic (exact) mass is 488 g/mol. The van der Waals surface area contributed by atoms with Gasteiger partial charge in [0.05, 0.1) is 16.6 Å². The predicted octanol–water partition coefficient (Wildman–Crippen LogP) is 9.73. The Hall–Kier alpha value is -4.82. The number of para-hydroxylation sites is 2. The number of fused-ring (bicyclic) bond motifs is 4. The summed E-state index contributed by atoms with van der Waals surface area (Å²) >= 11 is 0. The quantitative estimate of drug-likeness (QED) is 0.233. The molecule has 0 aliphatic carbocycles. The molecule has 2 heteroatoms. The van der Waals surface area contributed by atoms with Crippen molar-refractivity contribution in [2.24, 2.45) is 0 Å². The lowest BCUT2D eigenvalue weighted by atomic mass is 10.0. The van der Waals surface area contributed by atoms with Gasteiger partial charge < -0.3 is 9.13 Å². The van der Waals surface area contributed by atoms with Crippen molar-refractivity contribution in [1.82, 2.24) is 9.13 Å². The summed E-state index contributed by atoms with van der Waals surface area (Å²) in [6, 6.07) is 43.7. The van der Waals surface area contributed by atoms with Crippen LogP contribution >= 0.6 is 0 Å². The molecule has 0 N–H and O–H groups in total. The highest BCUT2D eigenvalue weighted by Crippen LogP contribution is 2.35. The maximum atomic E-state index is 2.36. The van der Waals surface area contributed by atoms with Crippen LogP contribution in [-0.4, -0.2) is 9.13 Å². The smallest absolute Gasteiger partial charge is 0.0541 e. The minimum Gasteiger partial charge on any atom is -0.321 e. The first-order valence-corrected chi connectivity index (χ1v) is 13.1. The topological polar surface area (TPSA) is 9.86 Å². The predicted molar refractivity (Wildman–Crippen MR) is 163 cm³/mol. The molecular weight excluding hydrogens is 460 g/mol. The fourth-order valence-corrected chi connectivity index (χ4v) is 5.68. The fraction of sp³-hybridized carbons (Fsp3) is 0.0556.